The second-order valence-corrected chi connectivity index (χ2v) is 9.61. The third-order valence-electron chi connectivity index (χ3n) is 6.18. The van der Waals surface area contributed by atoms with E-state index in [1.807, 2.05) is 79.0 Å². The summed E-state index contributed by atoms with van der Waals surface area (Å²) in [7, 11) is 0. The Bertz CT molecular complexity index is 1500. The highest BCUT2D eigenvalue weighted by molar-refractivity contribution is 6.31. The van der Waals surface area contributed by atoms with Gasteiger partial charge in [-0.1, -0.05) is 41.4 Å². The summed E-state index contributed by atoms with van der Waals surface area (Å²) in [6.45, 7) is 0.516. The van der Waals surface area contributed by atoms with Crippen LogP contribution in [0.3, 0.4) is 0 Å². The van der Waals surface area contributed by atoms with Crippen LogP contribution in [0.2, 0.25) is 10.0 Å². The number of carbonyl (C=O) groups is 1. The monoisotopic (exact) mass is 529 g/mol. The molecule has 0 saturated carbocycles. The number of H-pyrrole nitrogens is 1. The van der Waals surface area contributed by atoms with Crippen molar-refractivity contribution < 1.29 is 9.53 Å². The van der Waals surface area contributed by atoms with Crippen LogP contribution in [0, 0.1) is 0 Å². The lowest BCUT2D eigenvalue weighted by atomic mass is 9.88. The van der Waals surface area contributed by atoms with Crippen LogP contribution >= 0.6 is 23.2 Å². The van der Waals surface area contributed by atoms with E-state index >= 15 is 0 Å². The van der Waals surface area contributed by atoms with Crippen LogP contribution < -0.4 is 10.1 Å². The highest BCUT2D eigenvalue weighted by Gasteiger charge is 2.22. The number of nitrogens with one attached hydrogen (secondary N) is 2. The van der Waals surface area contributed by atoms with Gasteiger partial charge in [0.15, 0.2) is 0 Å². The molecule has 0 aliphatic rings. The van der Waals surface area contributed by atoms with Crippen molar-refractivity contribution in [1.29, 1.82) is 0 Å². The Morgan fingerprint density at radius 1 is 0.919 bits per heavy atom. The maximum Gasteiger partial charge on any atom is 0.220 e. The Morgan fingerprint density at radius 2 is 1.76 bits per heavy atom. The summed E-state index contributed by atoms with van der Waals surface area (Å²) in [5, 5.41) is 5.33. The van der Waals surface area contributed by atoms with Gasteiger partial charge in [-0.05, 0) is 77.9 Å². The van der Waals surface area contributed by atoms with Crippen LogP contribution in [0.4, 0.5) is 0 Å². The minimum atomic E-state index is -0.212. The number of benzene rings is 3. The molecule has 2 N–H and O–H groups in total. The first-order chi connectivity index (χ1) is 18.0. The lowest BCUT2D eigenvalue weighted by Crippen LogP contribution is -2.27. The molecule has 1 atom stereocenters. The van der Waals surface area contributed by atoms with Crippen LogP contribution in [0.1, 0.15) is 29.2 Å². The third kappa shape index (κ3) is 6.31. The second-order valence-electron chi connectivity index (χ2n) is 8.74. The summed E-state index contributed by atoms with van der Waals surface area (Å²) >= 11 is 12.3. The molecule has 3 aromatic carbocycles. The van der Waals surface area contributed by atoms with E-state index in [9.17, 15) is 4.79 Å². The van der Waals surface area contributed by atoms with E-state index in [2.05, 4.69) is 15.3 Å². The number of aromatic nitrogens is 2. The van der Waals surface area contributed by atoms with Gasteiger partial charge >= 0.3 is 0 Å². The summed E-state index contributed by atoms with van der Waals surface area (Å²) in [6.07, 6.45) is 4.66. The van der Waals surface area contributed by atoms with Crippen molar-refractivity contribution >= 4 is 40.0 Å². The number of nitrogens with zero attached hydrogens (tertiary/aromatic N) is 1. The summed E-state index contributed by atoms with van der Waals surface area (Å²) in [4.78, 5) is 20.8. The smallest absolute Gasteiger partial charge is 0.220 e. The van der Waals surface area contributed by atoms with E-state index in [1.165, 1.54) is 0 Å². The lowest BCUT2D eigenvalue weighted by molar-refractivity contribution is -0.121. The van der Waals surface area contributed by atoms with Gasteiger partial charge in [0.05, 0.1) is 0 Å². The molecule has 5 aromatic rings. The number of rotatable bonds is 9. The summed E-state index contributed by atoms with van der Waals surface area (Å²) in [6, 6.07) is 26.6. The van der Waals surface area contributed by atoms with E-state index in [0.717, 1.165) is 27.7 Å². The van der Waals surface area contributed by atoms with Crippen molar-refractivity contribution in [1.82, 2.24) is 15.3 Å². The zero-order chi connectivity index (χ0) is 25.6. The normalized spacial score (nSPS) is 11.8. The Balaban J connectivity index is 1.40. The number of carbonyl (C=O) groups excluding carboxylic acids is 1. The molecule has 5 rings (SSSR count). The number of ether oxygens (including phenoxy) is 1. The summed E-state index contributed by atoms with van der Waals surface area (Å²) < 4.78 is 6.07. The topological polar surface area (TPSA) is 67.0 Å². The number of fused-ring (bicyclic) bond motifs is 1. The average molecular weight is 530 g/mol. The molecule has 7 heteroatoms. The first kappa shape index (κ1) is 24.9. The molecular formula is C30H25Cl2N3O2. The van der Waals surface area contributed by atoms with Crippen molar-refractivity contribution in [2.45, 2.75) is 18.8 Å². The Kier molecular flexibility index (Phi) is 7.73. The predicted molar refractivity (Wildman–Crippen MR) is 149 cm³/mol. The highest BCUT2D eigenvalue weighted by atomic mass is 35.5. The third-order valence-corrected chi connectivity index (χ3v) is 6.67. The largest absolute Gasteiger partial charge is 0.457 e. The summed E-state index contributed by atoms with van der Waals surface area (Å²) in [5.74, 6) is 1.11. The van der Waals surface area contributed by atoms with E-state index in [1.54, 1.807) is 18.3 Å². The quantitative estimate of drug-likeness (QED) is 0.207. The summed E-state index contributed by atoms with van der Waals surface area (Å²) in [5.41, 5.74) is 3.87. The minimum absolute atomic E-state index is 0.0404. The van der Waals surface area contributed by atoms with Gasteiger partial charge in [0.2, 0.25) is 5.91 Å². The van der Waals surface area contributed by atoms with Gasteiger partial charge in [-0.15, -0.1) is 0 Å². The molecule has 0 saturated heterocycles. The number of hydrogen-bond acceptors (Lipinski definition) is 3. The molecule has 0 bridgehead atoms. The highest BCUT2D eigenvalue weighted by Crippen LogP contribution is 2.36. The van der Waals surface area contributed by atoms with Gasteiger partial charge in [-0.3, -0.25) is 9.78 Å². The molecule has 0 unspecified atom stereocenters. The number of amides is 1. The van der Waals surface area contributed by atoms with Crippen LogP contribution in [0.5, 0.6) is 11.5 Å². The van der Waals surface area contributed by atoms with Crippen molar-refractivity contribution in [2.75, 3.05) is 6.54 Å². The molecule has 5 nitrogen and oxygen atoms in total. The standard InChI is InChI=1S/C30H25Cl2N3O2/c31-21-7-10-24(11-8-21)37-25-6-3-4-20(16-25)26(28-19-35-29-12-9-22(32)17-27(28)29)18-30(36)34-15-13-23-5-1-2-14-33-23/h1-12,14,16-17,19,26,35H,13,15,18H2,(H,34,36)/t26-/m1/s1. The van der Waals surface area contributed by atoms with Crippen LogP contribution in [0.15, 0.2) is 97.3 Å². The van der Waals surface area contributed by atoms with Crippen LogP contribution in [0.25, 0.3) is 10.9 Å². The van der Waals surface area contributed by atoms with Crippen LogP contribution in [-0.4, -0.2) is 22.4 Å². The minimum Gasteiger partial charge on any atom is -0.457 e. The molecule has 0 radical (unpaired) electrons. The first-order valence-corrected chi connectivity index (χ1v) is 12.8. The van der Waals surface area contributed by atoms with E-state index < -0.39 is 0 Å². The van der Waals surface area contributed by atoms with Crippen molar-refractivity contribution in [3.8, 4) is 11.5 Å². The van der Waals surface area contributed by atoms with E-state index in [0.29, 0.717) is 34.5 Å². The van der Waals surface area contributed by atoms with Crippen molar-refractivity contribution in [3.63, 3.8) is 0 Å². The fraction of sp³-hybridized carbons (Fsp3) is 0.133. The zero-order valence-electron chi connectivity index (χ0n) is 20.0. The molecule has 1 amide bonds. The van der Waals surface area contributed by atoms with Crippen molar-refractivity contribution in [2.24, 2.45) is 0 Å². The molecule has 37 heavy (non-hydrogen) atoms. The van der Waals surface area contributed by atoms with Crippen molar-refractivity contribution in [3.05, 3.63) is 124 Å². The van der Waals surface area contributed by atoms with Gasteiger partial charge in [0.25, 0.3) is 0 Å². The number of halogens is 2. The Labute approximate surface area is 225 Å². The molecule has 2 heterocycles. The Morgan fingerprint density at radius 3 is 2.57 bits per heavy atom. The molecule has 0 aliphatic carbocycles. The average Bonchev–Trinajstić information content (AvgIpc) is 3.32. The van der Waals surface area contributed by atoms with Gasteiger partial charge in [0.1, 0.15) is 11.5 Å². The number of pyridine rings is 1. The van der Waals surface area contributed by atoms with Gasteiger partial charge in [0, 0.05) is 64.3 Å². The predicted octanol–water partition coefficient (Wildman–Crippen LogP) is 7.54. The maximum atomic E-state index is 13.1. The van der Waals surface area contributed by atoms with E-state index in [4.69, 9.17) is 27.9 Å². The first-order valence-electron chi connectivity index (χ1n) is 12.0. The van der Waals surface area contributed by atoms with E-state index in [-0.39, 0.29) is 18.2 Å². The lowest BCUT2D eigenvalue weighted by Gasteiger charge is -2.18. The molecular weight excluding hydrogens is 505 g/mol. The maximum absolute atomic E-state index is 13.1. The number of aromatic amines is 1. The SMILES string of the molecule is O=C(C[C@H](c1cccc(Oc2ccc(Cl)cc2)c1)c1c[nH]c2ccc(Cl)cc12)NCCc1ccccn1. The molecule has 0 fully saturated rings. The fourth-order valence-electron chi connectivity index (χ4n) is 4.38. The zero-order valence-corrected chi connectivity index (χ0v) is 21.5. The van der Waals surface area contributed by atoms with Crippen LogP contribution in [-0.2, 0) is 11.2 Å². The molecule has 2 aromatic heterocycles. The second kappa shape index (κ2) is 11.5. The van der Waals surface area contributed by atoms with Gasteiger partial charge < -0.3 is 15.0 Å². The van der Waals surface area contributed by atoms with Gasteiger partial charge in [-0.25, -0.2) is 0 Å². The molecule has 186 valence electrons. The molecule has 0 aliphatic heterocycles. The number of hydrogen-bond donors (Lipinski definition) is 2. The molecule has 0 spiro atoms. The Hall–Kier alpha value is -3.80. The van der Waals surface area contributed by atoms with Gasteiger partial charge in [-0.2, -0.15) is 0 Å². The fourth-order valence-corrected chi connectivity index (χ4v) is 4.68.